The van der Waals surface area contributed by atoms with Gasteiger partial charge in [-0.15, -0.1) is 0 Å². The monoisotopic (exact) mass is 254 g/mol. The van der Waals surface area contributed by atoms with Gasteiger partial charge in [0.1, 0.15) is 5.82 Å². The molecular formula is C16H18N2O. The number of nitrogens with one attached hydrogen (secondary N) is 1. The Morgan fingerprint density at radius 2 is 1.79 bits per heavy atom. The molecule has 1 aliphatic rings. The quantitative estimate of drug-likeness (QED) is 0.795. The zero-order chi connectivity index (χ0) is 13.2. The molecule has 3 rings (SSSR count). The van der Waals surface area contributed by atoms with Crippen LogP contribution in [0, 0.1) is 6.92 Å². The highest BCUT2D eigenvalue weighted by Gasteiger charge is 2.14. The van der Waals surface area contributed by atoms with E-state index in [2.05, 4.69) is 16.9 Å². The summed E-state index contributed by atoms with van der Waals surface area (Å²) in [5, 5.41) is 0. The number of aromatic nitrogens is 2. The molecule has 0 radical (unpaired) electrons. The molecule has 1 aromatic heterocycles. The number of H-pyrrole nitrogens is 1. The standard InChI is InChI=1S/C16H18N2O/c1-11-7-9-12(10-8-11)15-17-14-6-4-2-3-5-13(14)16(19)18-15/h7-10H,2-6H2,1H3,(H,17,18,19). The van der Waals surface area contributed by atoms with Gasteiger partial charge in [-0.1, -0.05) is 36.2 Å². The molecule has 0 spiro atoms. The second-order valence-corrected chi connectivity index (χ2v) is 5.27. The minimum Gasteiger partial charge on any atom is -0.306 e. The summed E-state index contributed by atoms with van der Waals surface area (Å²) in [6, 6.07) is 8.11. The van der Waals surface area contributed by atoms with E-state index < -0.39 is 0 Å². The normalized spacial score (nSPS) is 14.8. The maximum atomic E-state index is 12.2. The number of hydrogen-bond acceptors (Lipinski definition) is 2. The van der Waals surface area contributed by atoms with Crippen molar-refractivity contribution < 1.29 is 0 Å². The van der Waals surface area contributed by atoms with Gasteiger partial charge in [-0.25, -0.2) is 4.98 Å². The van der Waals surface area contributed by atoms with Crippen LogP contribution in [0.2, 0.25) is 0 Å². The van der Waals surface area contributed by atoms with Crippen LogP contribution < -0.4 is 5.56 Å². The lowest BCUT2D eigenvalue weighted by Crippen LogP contribution is -2.18. The summed E-state index contributed by atoms with van der Waals surface area (Å²) >= 11 is 0. The molecular weight excluding hydrogens is 236 g/mol. The Labute approximate surface area is 112 Å². The van der Waals surface area contributed by atoms with Gasteiger partial charge in [0.2, 0.25) is 0 Å². The average Bonchev–Trinajstić information content (AvgIpc) is 2.65. The molecule has 0 saturated heterocycles. The number of rotatable bonds is 1. The third-order valence-corrected chi connectivity index (χ3v) is 3.77. The maximum absolute atomic E-state index is 12.2. The lowest BCUT2D eigenvalue weighted by atomic mass is 10.1. The molecule has 0 bridgehead atoms. The van der Waals surface area contributed by atoms with Crippen molar-refractivity contribution in [2.45, 2.75) is 39.0 Å². The SMILES string of the molecule is Cc1ccc(-c2nc3c(c(=O)[nH]2)CCCCC3)cc1. The molecule has 0 amide bonds. The van der Waals surface area contributed by atoms with Crippen molar-refractivity contribution in [3.8, 4) is 11.4 Å². The van der Waals surface area contributed by atoms with E-state index in [0.29, 0.717) is 5.82 Å². The van der Waals surface area contributed by atoms with Gasteiger partial charge in [0.05, 0.1) is 5.69 Å². The van der Waals surface area contributed by atoms with Crippen molar-refractivity contribution in [3.05, 3.63) is 51.4 Å². The van der Waals surface area contributed by atoms with Gasteiger partial charge in [-0.3, -0.25) is 4.79 Å². The number of aryl methyl sites for hydroxylation is 2. The Balaban J connectivity index is 2.08. The van der Waals surface area contributed by atoms with E-state index in [1.54, 1.807) is 0 Å². The zero-order valence-corrected chi connectivity index (χ0v) is 11.2. The van der Waals surface area contributed by atoms with Crippen molar-refractivity contribution in [1.29, 1.82) is 0 Å². The van der Waals surface area contributed by atoms with Crippen LogP contribution in [0.3, 0.4) is 0 Å². The van der Waals surface area contributed by atoms with Gasteiger partial charge in [0.25, 0.3) is 5.56 Å². The highest BCUT2D eigenvalue weighted by molar-refractivity contribution is 5.55. The first kappa shape index (κ1) is 12.2. The molecule has 3 nitrogen and oxygen atoms in total. The van der Waals surface area contributed by atoms with Gasteiger partial charge in [-0.05, 0) is 32.6 Å². The van der Waals surface area contributed by atoms with E-state index >= 15 is 0 Å². The van der Waals surface area contributed by atoms with Gasteiger partial charge >= 0.3 is 0 Å². The van der Waals surface area contributed by atoms with Crippen molar-refractivity contribution in [2.24, 2.45) is 0 Å². The smallest absolute Gasteiger partial charge is 0.254 e. The van der Waals surface area contributed by atoms with Crippen molar-refractivity contribution in [2.75, 3.05) is 0 Å². The highest BCUT2D eigenvalue weighted by atomic mass is 16.1. The Morgan fingerprint density at radius 3 is 2.58 bits per heavy atom. The molecule has 0 unspecified atom stereocenters. The number of nitrogens with zero attached hydrogens (tertiary/aromatic N) is 1. The first-order valence-corrected chi connectivity index (χ1v) is 6.93. The lowest BCUT2D eigenvalue weighted by Gasteiger charge is -2.07. The van der Waals surface area contributed by atoms with Crippen LogP contribution in [-0.4, -0.2) is 9.97 Å². The molecule has 0 aliphatic heterocycles. The third-order valence-electron chi connectivity index (χ3n) is 3.77. The molecule has 3 heteroatoms. The Morgan fingerprint density at radius 1 is 1.05 bits per heavy atom. The second kappa shape index (κ2) is 5.00. The topological polar surface area (TPSA) is 45.8 Å². The van der Waals surface area contributed by atoms with E-state index in [4.69, 9.17) is 0 Å². The summed E-state index contributed by atoms with van der Waals surface area (Å²) < 4.78 is 0. The van der Waals surface area contributed by atoms with E-state index in [1.165, 1.54) is 12.0 Å². The molecule has 19 heavy (non-hydrogen) atoms. The first-order chi connectivity index (χ1) is 9.24. The van der Waals surface area contributed by atoms with E-state index in [-0.39, 0.29) is 5.56 Å². The zero-order valence-electron chi connectivity index (χ0n) is 11.2. The number of benzene rings is 1. The first-order valence-electron chi connectivity index (χ1n) is 6.93. The van der Waals surface area contributed by atoms with Crippen molar-refractivity contribution >= 4 is 0 Å². The van der Waals surface area contributed by atoms with Crippen LogP contribution in [0.25, 0.3) is 11.4 Å². The fourth-order valence-corrected chi connectivity index (χ4v) is 2.63. The van der Waals surface area contributed by atoms with Crippen molar-refractivity contribution in [3.63, 3.8) is 0 Å². The highest BCUT2D eigenvalue weighted by Crippen LogP contribution is 2.19. The average molecular weight is 254 g/mol. The Hall–Kier alpha value is -1.90. The predicted octanol–water partition coefficient (Wildman–Crippen LogP) is 3.01. The molecule has 0 saturated carbocycles. The van der Waals surface area contributed by atoms with Gasteiger partial charge in [0.15, 0.2) is 0 Å². The van der Waals surface area contributed by atoms with E-state index in [0.717, 1.165) is 42.5 Å². The van der Waals surface area contributed by atoms with Gasteiger partial charge < -0.3 is 4.98 Å². The number of fused-ring (bicyclic) bond motifs is 1. The van der Waals surface area contributed by atoms with Crippen LogP contribution in [0.15, 0.2) is 29.1 Å². The minimum atomic E-state index is 0.0440. The summed E-state index contributed by atoms with van der Waals surface area (Å²) in [4.78, 5) is 19.8. The fourth-order valence-electron chi connectivity index (χ4n) is 2.63. The van der Waals surface area contributed by atoms with Crippen molar-refractivity contribution in [1.82, 2.24) is 9.97 Å². The summed E-state index contributed by atoms with van der Waals surface area (Å²) in [5.41, 5.74) is 4.13. The van der Waals surface area contributed by atoms with Crippen LogP contribution in [0.1, 0.15) is 36.1 Å². The molecule has 0 fully saturated rings. The molecule has 1 aromatic carbocycles. The molecule has 2 aromatic rings. The molecule has 1 N–H and O–H groups in total. The largest absolute Gasteiger partial charge is 0.306 e. The lowest BCUT2D eigenvalue weighted by molar-refractivity contribution is 0.708. The fraction of sp³-hybridized carbons (Fsp3) is 0.375. The molecule has 1 aliphatic carbocycles. The summed E-state index contributed by atoms with van der Waals surface area (Å²) in [6.45, 7) is 2.05. The Bertz CT molecular complexity index is 641. The van der Waals surface area contributed by atoms with Gasteiger partial charge in [-0.2, -0.15) is 0 Å². The maximum Gasteiger partial charge on any atom is 0.254 e. The van der Waals surface area contributed by atoms with Gasteiger partial charge in [0, 0.05) is 11.1 Å². The summed E-state index contributed by atoms with van der Waals surface area (Å²) in [5.74, 6) is 0.700. The molecule has 0 atom stereocenters. The second-order valence-electron chi connectivity index (χ2n) is 5.27. The van der Waals surface area contributed by atoms with E-state index in [9.17, 15) is 4.79 Å². The van der Waals surface area contributed by atoms with Crippen LogP contribution in [0.4, 0.5) is 0 Å². The van der Waals surface area contributed by atoms with E-state index in [1.807, 2.05) is 24.3 Å². The van der Waals surface area contributed by atoms with Crippen LogP contribution >= 0.6 is 0 Å². The summed E-state index contributed by atoms with van der Waals surface area (Å²) in [6.07, 6.45) is 5.22. The Kier molecular flexibility index (Phi) is 3.20. The molecule has 1 heterocycles. The molecule has 98 valence electrons. The summed E-state index contributed by atoms with van der Waals surface area (Å²) in [7, 11) is 0. The van der Waals surface area contributed by atoms with Crippen LogP contribution in [-0.2, 0) is 12.8 Å². The predicted molar refractivity (Wildman–Crippen MR) is 76.3 cm³/mol. The number of hydrogen-bond donors (Lipinski definition) is 1. The van der Waals surface area contributed by atoms with Crippen LogP contribution in [0.5, 0.6) is 0 Å². The number of aromatic amines is 1. The third kappa shape index (κ3) is 2.46. The minimum absolute atomic E-state index is 0.0440.